The molecule has 3 heteroatoms. The molecule has 0 bridgehead atoms. The van der Waals surface area contributed by atoms with Crippen LogP contribution in [0.5, 0.6) is 0 Å². The molecule has 3 fully saturated rings. The third-order valence-corrected chi connectivity index (χ3v) is 8.09. The number of allylic oxidation sites excluding steroid dienone is 5. The summed E-state index contributed by atoms with van der Waals surface area (Å²) in [6.07, 6.45) is 8.59. The average molecular weight is 375 g/mol. The zero-order valence-corrected chi connectivity index (χ0v) is 15.4. The van der Waals surface area contributed by atoms with Crippen molar-refractivity contribution in [2.45, 2.75) is 46.0 Å². The quantitative estimate of drug-likeness (QED) is 0.612. The number of carbonyl (C=O) groups excluding carboxylic acids is 2. The minimum Gasteiger partial charge on any atom is -0.299 e. The van der Waals surface area contributed by atoms with Gasteiger partial charge >= 0.3 is 0 Å². The molecule has 5 atom stereocenters. The van der Waals surface area contributed by atoms with Crippen LogP contribution in [0.3, 0.4) is 0 Å². The third-order valence-electron chi connectivity index (χ3n) is 7.31. The molecule has 23 heavy (non-hydrogen) atoms. The minimum absolute atomic E-state index is 0.0498. The first kappa shape index (κ1) is 15.6. The summed E-state index contributed by atoms with van der Waals surface area (Å²) < 4.78 is 0.696. The van der Waals surface area contributed by atoms with Gasteiger partial charge in [-0.1, -0.05) is 26.5 Å². The van der Waals surface area contributed by atoms with E-state index in [4.69, 9.17) is 0 Å². The van der Waals surface area contributed by atoms with E-state index in [1.165, 1.54) is 0 Å². The Kier molecular flexibility index (Phi) is 3.23. The highest BCUT2D eigenvalue weighted by molar-refractivity contribution is 9.12. The molecule has 0 aliphatic heterocycles. The second-order valence-corrected chi connectivity index (χ2v) is 9.06. The van der Waals surface area contributed by atoms with Gasteiger partial charge in [-0.3, -0.25) is 9.59 Å². The standard InChI is InChI=1S/C20H23BrO2/c1-11-10-12-13-4-5-16(23)19(13,2)8-6-14(12)20(3)9-7-15(22)18(21)17(11)20/h7,9,12-14H,1,4-6,8,10H2,2-3H3/t12-,13-,14-,19-,20+/m0/s1. The monoisotopic (exact) mass is 374 g/mol. The fraction of sp³-hybridized carbons (Fsp3) is 0.600. The molecule has 4 aliphatic rings. The number of carbonyl (C=O) groups is 2. The van der Waals surface area contributed by atoms with Crippen molar-refractivity contribution in [3.8, 4) is 0 Å². The topological polar surface area (TPSA) is 34.1 Å². The Morgan fingerprint density at radius 3 is 2.70 bits per heavy atom. The van der Waals surface area contributed by atoms with Gasteiger partial charge in [-0.05, 0) is 76.6 Å². The Morgan fingerprint density at radius 2 is 1.96 bits per heavy atom. The van der Waals surface area contributed by atoms with Crippen LogP contribution in [0.4, 0.5) is 0 Å². The fourth-order valence-corrected chi connectivity index (χ4v) is 6.92. The average Bonchev–Trinajstić information content (AvgIpc) is 2.79. The van der Waals surface area contributed by atoms with Gasteiger partial charge in [-0.15, -0.1) is 0 Å². The maximum atomic E-state index is 12.4. The van der Waals surface area contributed by atoms with Crippen molar-refractivity contribution in [2.75, 3.05) is 0 Å². The van der Waals surface area contributed by atoms with Crippen molar-refractivity contribution < 1.29 is 9.59 Å². The lowest BCUT2D eigenvalue weighted by molar-refractivity contribution is -0.131. The van der Waals surface area contributed by atoms with Crippen molar-refractivity contribution >= 4 is 27.5 Å². The maximum Gasteiger partial charge on any atom is 0.192 e. The number of rotatable bonds is 0. The van der Waals surface area contributed by atoms with E-state index in [1.807, 2.05) is 0 Å². The number of fused-ring (bicyclic) bond motifs is 5. The number of hydrogen-bond acceptors (Lipinski definition) is 2. The van der Waals surface area contributed by atoms with E-state index in [9.17, 15) is 9.59 Å². The summed E-state index contributed by atoms with van der Waals surface area (Å²) in [5.41, 5.74) is 1.95. The van der Waals surface area contributed by atoms with Crippen LogP contribution in [-0.2, 0) is 9.59 Å². The molecule has 0 heterocycles. The van der Waals surface area contributed by atoms with Crippen molar-refractivity contribution in [2.24, 2.45) is 28.6 Å². The largest absolute Gasteiger partial charge is 0.299 e. The maximum absolute atomic E-state index is 12.4. The molecule has 0 amide bonds. The highest BCUT2D eigenvalue weighted by Gasteiger charge is 2.59. The van der Waals surface area contributed by atoms with Gasteiger partial charge in [0, 0.05) is 17.3 Å². The molecule has 0 radical (unpaired) electrons. The van der Waals surface area contributed by atoms with Gasteiger partial charge in [0.1, 0.15) is 5.78 Å². The summed E-state index contributed by atoms with van der Waals surface area (Å²) in [5, 5.41) is 0. The number of hydrogen-bond donors (Lipinski definition) is 0. The van der Waals surface area contributed by atoms with E-state index in [0.717, 1.165) is 43.3 Å². The highest BCUT2D eigenvalue weighted by Crippen LogP contribution is 2.65. The Labute approximate surface area is 146 Å². The van der Waals surface area contributed by atoms with Gasteiger partial charge in [-0.25, -0.2) is 0 Å². The van der Waals surface area contributed by atoms with Crippen molar-refractivity contribution in [3.05, 3.63) is 34.4 Å². The predicted molar refractivity (Wildman–Crippen MR) is 94.0 cm³/mol. The van der Waals surface area contributed by atoms with E-state index < -0.39 is 0 Å². The molecule has 0 saturated heterocycles. The van der Waals surface area contributed by atoms with Gasteiger partial charge in [-0.2, -0.15) is 0 Å². The molecule has 2 nitrogen and oxygen atoms in total. The molecule has 0 aromatic rings. The first-order chi connectivity index (χ1) is 10.8. The van der Waals surface area contributed by atoms with E-state index in [2.05, 4.69) is 42.4 Å². The first-order valence-electron chi connectivity index (χ1n) is 8.64. The van der Waals surface area contributed by atoms with Crippen molar-refractivity contribution in [1.82, 2.24) is 0 Å². The summed E-state index contributed by atoms with van der Waals surface area (Å²) in [7, 11) is 0. The van der Waals surface area contributed by atoms with Crippen molar-refractivity contribution in [1.29, 1.82) is 0 Å². The second kappa shape index (κ2) is 4.78. The summed E-state index contributed by atoms with van der Waals surface area (Å²) >= 11 is 3.53. The molecule has 0 aromatic heterocycles. The molecule has 0 unspecified atom stereocenters. The van der Waals surface area contributed by atoms with E-state index >= 15 is 0 Å². The molecule has 0 aromatic carbocycles. The zero-order valence-electron chi connectivity index (χ0n) is 13.8. The molecule has 3 saturated carbocycles. The smallest absolute Gasteiger partial charge is 0.192 e. The molecular weight excluding hydrogens is 352 g/mol. The molecule has 122 valence electrons. The first-order valence-corrected chi connectivity index (χ1v) is 9.43. The van der Waals surface area contributed by atoms with Gasteiger partial charge in [0.25, 0.3) is 0 Å². The molecule has 4 aliphatic carbocycles. The Bertz CT molecular complexity index is 700. The Morgan fingerprint density at radius 1 is 1.22 bits per heavy atom. The summed E-state index contributed by atoms with van der Waals surface area (Å²) in [6.45, 7) is 8.76. The van der Waals surface area contributed by atoms with Crippen LogP contribution in [0.1, 0.15) is 46.0 Å². The van der Waals surface area contributed by atoms with Gasteiger partial charge in [0.2, 0.25) is 0 Å². The molecule has 0 spiro atoms. The minimum atomic E-state index is -0.125. The van der Waals surface area contributed by atoms with Gasteiger partial charge < -0.3 is 0 Å². The Balaban J connectivity index is 1.81. The molecule has 4 rings (SSSR count). The molecular formula is C20H23BrO2. The van der Waals surface area contributed by atoms with Crippen LogP contribution >= 0.6 is 15.9 Å². The van der Waals surface area contributed by atoms with Crippen LogP contribution in [0.2, 0.25) is 0 Å². The van der Waals surface area contributed by atoms with E-state index in [0.29, 0.717) is 28.0 Å². The van der Waals surface area contributed by atoms with Crippen molar-refractivity contribution in [3.63, 3.8) is 0 Å². The van der Waals surface area contributed by atoms with Crippen LogP contribution in [-0.4, -0.2) is 11.6 Å². The van der Waals surface area contributed by atoms with Crippen LogP contribution < -0.4 is 0 Å². The second-order valence-electron chi connectivity index (χ2n) is 8.27. The third kappa shape index (κ3) is 1.86. The van der Waals surface area contributed by atoms with Crippen LogP contribution in [0.15, 0.2) is 34.4 Å². The van der Waals surface area contributed by atoms with E-state index in [-0.39, 0.29) is 16.6 Å². The Hall–Kier alpha value is -0.960. The summed E-state index contributed by atoms with van der Waals surface area (Å²) in [4.78, 5) is 24.5. The van der Waals surface area contributed by atoms with Gasteiger partial charge in [0.05, 0.1) is 4.48 Å². The number of Topliss-reactive ketones (excluding diaryl/α,β-unsaturated/α-hetero) is 1. The lowest BCUT2D eigenvalue weighted by atomic mass is 9.48. The highest BCUT2D eigenvalue weighted by atomic mass is 79.9. The van der Waals surface area contributed by atoms with Crippen LogP contribution in [0.25, 0.3) is 0 Å². The zero-order chi connectivity index (χ0) is 16.6. The van der Waals surface area contributed by atoms with Crippen LogP contribution in [0, 0.1) is 28.6 Å². The lowest BCUT2D eigenvalue weighted by Gasteiger charge is -2.56. The summed E-state index contributed by atoms with van der Waals surface area (Å²) in [5.74, 6) is 2.01. The van der Waals surface area contributed by atoms with Gasteiger partial charge in [0.15, 0.2) is 5.78 Å². The number of ketones is 2. The normalized spacial score (nSPS) is 45.9. The SMILES string of the molecule is C=C1C[C@@H]2[C@H](CC[C@]3(C)C(=O)CC[C@@H]23)[C@@]2(C)C=CC(=O)C(Br)=C12. The lowest BCUT2D eigenvalue weighted by Crippen LogP contribution is -2.50. The van der Waals surface area contributed by atoms with E-state index in [1.54, 1.807) is 6.08 Å². The summed E-state index contributed by atoms with van der Waals surface area (Å²) in [6, 6.07) is 0. The molecule has 0 N–H and O–H groups in total. The fourth-order valence-electron chi connectivity index (χ4n) is 6.08. The number of halogens is 1. The predicted octanol–water partition coefficient (Wildman–Crippen LogP) is 4.75.